The molecule has 8 atom stereocenters. The second-order valence-corrected chi connectivity index (χ2v) is 15.5. The van der Waals surface area contributed by atoms with Gasteiger partial charge < -0.3 is 75.7 Å². The van der Waals surface area contributed by atoms with Gasteiger partial charge in [0, 0.05) is 97.2 Å². The number of halogens is 2. The number of carbonyl (C=O) groups is 8. The van der Waals surface area contributed by atoms with E-state index in [0.29, 0.717) is 13.0 Å². The lowest BCUT2D eigenvalue weighted by atomic mass is 10.1. The van der Waals surface area contributed by atoms with Crippen LogP contribution in [-0.4, -0.2) is 230 Å². The Labute approximate surface area is 399 Å². The van der Waals surface area contributed by atoms with E-state index in [1.54, 1.807) is 14.1 Å². The maximum atomic E-state index is 13.2. The van der Waals surface area contributed by atoms with Crippen LogP contribution in [0.3, 0.4) is 0 Å². The lowest BCUT2D eigenvalue weighted by Crippen LogP contribution is -2.44. The molecule has 69 heavy (non-hydrogen) atoms. The number of aliphatic hydroxyl groups is 2. The van der Waals surface area contributed by atoms with Gasteiger partial charge >= 0.3 is 23.9 Å². The van der Waals surface area contributed by atoms with E-state index in [1.807, 2.05) is 5.48 Å². The molecule has 0 radical (unpaired) electrons. The number of hydrogen-bond acceptors (Lipinski definition) is 22. The van der Waals surface area contributed by atoms with Gasteiger partial charge in [0.15, 0.2) is 6.61 Å². The number of aliphatic hydroxyl groups excluding tert-OH is 2. The highest BCUT2D eigenvalue weighted by Crippen LogP contribution is 2.05. The quantitative estimate of drug-likeness (QED) is 0.0266. The highest BCUT2D eigenvalue weighted by Gasteiger charge is 2.19. The van der Waals surface area contributed by atoms with E-state index in [-0.39, 0.29) is 90.1 Å². The van der Waals surface area contributed by atoms with Crippen molar-refractivity contribution in [3.8, 4) is 0 Å². The molecule has 0 saturated carbocycles. The van der Waals surface area contributed by atoms with Crippen LogP contribution < -0.4 is 66.8 Å². The van der Waals surface area contributed by atoms with Gasteiger partial charge in [-0.3, -0.25) is 54.7 Å². The van der Waals surface area contributed by atoms with Gasteiger partial charge in [0.1, 0.15) is 32.0 Å². The first kappa shape index (κ1) is 70.6. The molecule has 0 aromatic heterocycles. The summed E-state index contributed by atoms with van der Waals surface area (Å²) in [5.74, 6) is -6.15. The number of nitrogens with one attached hydrogen (secondary N) is 6. The van der Waals surface area contributed by atoms with Crippen molar-refractivity contribution >= 4 is 47.5 Å². The molecule has 0 spiro atoms. The molecule has 0 aliphatic carbocycles. The zero-order chi connectivity index (χ0) is 54.2. The largest absolute Gasteiger partial charge is 0.480 e. The van der Waals surface area contributed by atoms with Gasteiger partial charge in [0.25, 0.3) is 0 Å². The first-order valence-electron chi connectivity index (χ1n) is 21.2. The second kappa shape index (κ2) is 43.1. The summed E-state index contributed by atoms with van der Waals surface area (Å²) in [7, 11) is 7.63. The molecule has 0 aliphatic rings. The number of hydrazine groups is 3. The summed E-state index contributed by atoms with van der Waals surface area (Å²) < 4.78 is 26.0. The minimum Gasteiger partial charge on any atom is -0.480 e. The van der Waals surface area contributed by atoms with Crippen LogP contribution in [0.4, 0.5) is 8.78 Å². The van der Waals surface area contributed by atoms with Gasteiger partial charge in [-0.1, -0.05) is 0 Å². The highest BCUT2D eigenvalue weighted by atomic mass is 19.1. The Morgan fingerprint density at radius 2 is 0.841 bits per heavy atom. The maximum absolute atomic E-state index is 13.2. The predicted octanol–water partition coefficient (Wildman–Crippen LogP) is -7.60. The second-order valence-electron chi connectivity index (χ2n) is 15.5. The highest BCUT2D eigenvalue weighted by molar-refractivity contribution is 5.78. The SMILES string of the molecule is CN(CC(=O)O)NC(=O)C[C@H](N)C[C@@H](F)CN.CNC[C@H](F)C[C@@H](N)CC(=O)NN(C)CC(=O)O.CNC[C@H](O)C[C@@H](N)CC(=O)NN(C)CC(=O)O.NC[C@H](O)C[C@@H](N)CC(=O)NOCC(=O)O. The number of carboxylic acids is 4. The lowest BCUT2D eigenvalue weighted by Gasteiger charge is -2.19. The molecular formula is C37H79F2N15O15. The van der Waals surface area contributed by atoms with Gasteiger partial charge in [0.05, 0.1) is 12.2 Å². The monoisotopic (exact) mass is 1010 g/mol. The van der Waals surface area contributed by atoms with E-state index >= 15 is 0 Å². The summed E-state index contributed by atoms with van der Waals surface area (Å²) in [4.78, 5) is 90.7. The van der Waals surface area contributed by atoms with Crippen LogP contribution in [0.2, 0.25) is 0 Å². The Bertz CT molecular complexity index is 1420. The van der Waals surface area contributed by atoms with Crippen LogP contribution in [0, 0.1) is 0 Å². The molecule has 0 unspecified atom stereocenters. The van der Waals surface area contributed by atoms with Gasteiger partial charge in [-0.25, -0.2) is 34.1 Å². The number of carboxylic acid groups (broad SMARTS) is 4. The Morgan fingerprint density at radius 1 is 0.507 bits per heavy atom. The first-order valence-corrected chi connectivity index (χ1v) is 21.2. The number of carbonyl (C=O) groups excluding carboxylic acids is 4. The third-order valence-electron chi connectivity index (χ3n) is 7.90. The summed E-state index contributed by atoms with van der Waals surface area (Å²) >= 11 is 0. The van der Waals surface area contributed by atoms with Crippen molar-refractivity contribution in [3.05, 3.63) is 0 Å². The fourth-order valence-corrected chi connectivity index (χ4v) is 5.18. The van der Waals surface area contributed by atoms with Crippen molar-refractivity contribution in [2.75, 3.05) is 87.7 Å². The van der Waals surface area contributed by atoms with Crippen LogP contribution >= 0.6 is 0 Å². The van der Waals surface area contributed by atoms with Crippen molar-refractivity contribution in [1.82, 2.24) is 47.4 Å². The molecule has 0 aromatic rings. The number of nitrogens with two attached hydrogens (primary N) is 6. The third kappa shape index (κ3) is 52.3. The summed E-state index contributed by atoms with van der Waals surface area (Å²) in [5, 5.41) is 61.2. The Morgan fingerprint density at radius 3 is 1.16 bits per heavy atom. The van der Waals surface area contributed by atoms with Gasteiger partial charge in [-0.15, -0.1) is 0 Å². The van der Waals surface area contributed by atoms with Crippen molar-refractivity contribution in [2.45, 2.75) is 100 Å². The number of alkyl halides is 2. The van der Waals surface area contributed by atoms with Crippen LogP contribution in [0.15, 0.2) is 0 Å². The topological polar surface area (TPSA) is 505 Å². The third-order valence-corrected chi connectivity index (χ3v) is 7.90. The van der Waals surface area contributed by atoms with Crippen molar-refractivity contribution in [3.63, 3.8) is 0 Å². The van der Waals surface area contributed by atoms with E-state index in [4.69, 9.17) is 59.9 Å². The zero-order valence-electron chi connectivity index (χ0n) is 39.9. The number of amides is 4. The molecule has 406 valence electrons. The van der Waals surface area contributed by atoms with E-state index in [2.05, 4.69) is 31.7 Å². The maximum Gasteiger partial charge on any atom is 0.332 e. The normalized spacial score (nSPS) is 14.3. The van der Waals surface area contributed by atoms with E-state index in [0.717, 1.165) is 10.0 Å². The van der Waals surface area contributed by atoms with Gasteiger partial charge in [0.2, 0.25) is 23.6 Å². The van der Waals surface area contributed by atoms with Gasteiger partial charge in [-0.05, 0) is 39.8 Å². The number of nitrogens with zero attached hydrogens (tertiary/aromatic N) is 3. The number of hydrogen-bond donors (Lipinski definition) is 18. The minimum absolute atomic E-state index is 0.00651. The van der Waals surface area contributed by atoms with Crippen LogP contribution in [0.5, 0.6) is 0 Å². The smallest absolute Gasteiger partial charge is 0.332 e. The molecule has 30 nitrogen and oxygen atoms in total. The molecule has 0 aliphatic heterocycles. The fraction of sp³-hybridized carbons (Fsp3) is 0.784. The Kier molecular flexibility index (Phi) is 44.1. The van der Waals surface area contributed by atoms with E-state index in [9.17, 15) is 52.2 Å². The molecule has 0 bridgehead atoms. The number of rotatable bonds is 34. The summed E-state index contributed by atoms with van der Waals surface area (Å²) in [5.41, 5.74) is 41.6. The van der Waals surface area contributed by atoms with Gasteiger partial charge in [-0.2, -0.15) is 0 Å². The van der Waals surface area contributed by atoms with E-state index < -0.39 is 96.9 Å². The standard InChI is InChI=1S/C10H21FN4O3.C10H22N4O4.C9H19FN4O3.C8H17N3O5/c1-13-5-7(11)3-8(12)4-9(16)14-15(2)6-10(17)18;1-12-5-8(15)3-7(11)4-9(16)13-14(2)6-10(17)18;1-14(5-9(16)17)13-8(15)3-7(12)2-6(10)4-11;9-3-6(12)1-5(10)2-7(13)11-16-4-8(14)15/h7-8,13H,3-6,12H2,1-2H3,(H,14,16)(H,17,18);7-8,12,15H,3-6,11H2,1-2H3,(H,13,16)(H,17,18);6-7H,2-5,11-12H2,1H3,(H,13,15)(H,16,17);5-6,12H,1-4,9-10H2,(H,11,13)(H,14,15)/t2*7-,8-;6-,7-;5-,6-/m1111/s1. The average molecular weight is 1010 g/mol. The summed E-state index contributed by atoms with van der Waals surface area (Å²) in [6.45, 7) is -1.00. The molecule has 0 rings (SSSR count). The van der Waals surface area contributed by atoms with Crippen molar-refractivity contribution < 1.29 is 82.6 Å². The molecule has 0 fully saturated rings. The molecule has 0 heterocycles. The number of aliphatic carboxylic acids is 4. The summed E-state index contributed by atoms with van der Waals surface area (Å²) in [6.07, 6.45) is -3.26. The molecule has 0 saturated heterocycles. The molecular weight excluding hydrogens is 932 g/mol. The average Bonchev–Trinajstić information content (AvgIpc) is 3.16. The van der Waals surface area contributed by atoms with Crippen molar-refractivity contribution in [2.24, 2.45) is 34.4 Å². The van der Waals surface area contributed by atoms with Crippen molar-refractivity contribution in [1.29, 1.82) is 0 Å². The first-order chi connectivity index (χ1) is 32.0. The van der Waals surface area contributed by atoms with E-state index in [1.165, 1.54) is 26.2 Å². The lowest BCUT2D eigenvalue weighted by molar-refractivity contribution is -0.150. The number of hydroxylamine groups is 1. The molecule has 0 aromatic carbocycles. The summed E-state index contributed by atoms with van der Waals surface area (Å²) in [6, 6.07) is -2.24. The fourth-order valence-electron chi connectivity index (χ4n) is 5.18. The predicted molar refractivity (Wildman–Crippen MR) is 244 cm³/mol. The Hall–Kier alpha value is -4.94. The minimum atomic E-state index is -1.23. The number of likely N-dealkylation sites (N-methyl/N-ethyl adjacent to an activating group) is 4. The zero-order valence-corrected chi connectivity index (χ0v) is 39.9. The molecule has 4 amide bonds. The van der Waals surface area contributed by atoms with Crippen LogP contribution in [0.1, 0.15) is 51.4 Å². The van der Waals surface area contributed by atoms with Crippen LogP contribution in [-0.2, 0) is 43.2 Å². The Balaban J connectivity index is -0.000000409. The van der Waals surface area contributed by atoms with Crippen LogP contribution in [0.25, 0.3) is 0 Å². The molecule has 24 N–H and O–H groups in total. The molecule has 32 heteroatoms.